The van der Waals surface area contributed by atoms with Gasteiger partial charge in [-0.25, -0.2) is 4.68 Å². The zero-order valence-corrected chi connectivity index (χ0v) is 11.6. The smallest absolute Gasteiger partial charge is 0.233 e. The van der Waals surface area contributed by atoms with Gasteiger partial charge in [0.2, 0.25) is 5.91 Å². The van der Waals surface area contributed by atoms with Gasteiger partial charge in [-0.1, -0.05) is 12.1 Å². The summed E-state index contributed by atoms with van der Waals surface area (Å²) in [5, 5.41) is 17.0. The van der Waals surface area contributed by atoms with Crippen molar-refractivity contribution in [2.75, 3.05) is 13.1 Å². The molecule has 7 heteroatoms. The molecule has 0 aliphatic carbocycles. The first-order valence-corrected chi connectivity index (χ1v) is 6.54. The molecule has 0 radical (unpaired) electrons. The quantitative estimate of drug-likeness (QED) is 0.799. The first kappa shape index (κ1) is 14.1. The Balaban J connectivity index is 2.01. The van der Waals surface area contributed by atoms with Gasteiger partial charge >= 0.3 is 0 Å². The summed E-state index contributed by atoms with van der Waals surface area (Å²) in [5.41, 5.74) is 1.96. The Hall–Kier alpha value is -2.28. The number of rotatable bonds is 6. The van der Waals surface area contributed by atoms with Crippen LogP contribution in [0.1, 0.15) is 25.5 Å². The average Bonchev–Trinajstić information content (AvgIpc) is 2.99. The van der Waals surface area contributed by atoms with Gasteiger partial charge < -0.3 is 10.6 Å². The Bertz CT molecular complexity index is 554. The van der Waals surface area contributed by atoms with Crippen LogP contribution in [0.25, 0.3) is 5.69 Å². The molecule has 0 spiro atoms. The van der Waals surface area contributed by atoms with Gasteiger partial charge in [0, 0.05) is 12.6 Å². The van der Waals surface area contributed by atoms with Crippen molar-refractivity contribution in [2.45, 2.75) is 19.9 Å². The molecule has 1 aromatic carbocycles. The van der Waals surface area contributed by atoms with Gasteiger partial charge in [-0.2, -0.15) is 0 Å². The third-order valence-electron chi connectivity index (χ3n) is 2.93. The van der Waals surface area contributed by atoms with Crippen molar-refractivity contribution in [1.82, 2.24) is 30.8 Å². The van der Waals surface area contributed by atoms with Crippen molar-refractivity contribution >= 4 is 5.91 Å². The molecule has 1 atom stereocenters. The number of aromatic nitrogens is 4. The van der Waals surface area contributed by atoms with Crippen LogP contribution in [-0.2, 0) is 4.79 Å². The normalized spacial score (nSPS) is 12.1. The Kier molecular flexibility index (Phi) is 4.78. The molecule has 1 heterocycles. The van der Waals surface area contributed by atoms with Crippen LogP contribution in [0, 0.1) is 0 Å². The van der Waals surface area contributed by atoms with Crippen molar-refractivity contribution in [1.29, 1.82) is 0 Å². The number of likely N-dealkylation sites (N-methyl/N-ethyl adjacent to an activating group) is 1. The van der Waals surface area contributed by atoms with Gasteiger partial charge in [0.05, 0.1) is 12.2 Å². The molecule has 7 nitrogen and oxygen atoms in total. The van der Waals surface area contributed by atoms with Gasteiger partial charge in [0.15, 0.2) is 0 Å². The molecule has 0 saturated carbocycles. The van der Waals surface area contributed by atoms with Gasteiger partial charge in [-0.05, 0) is 42.0 Å². The second kappa shape index (κ2) is 6.76. The van der Waals surface area contributed by atoms with Gasteiger partial charge in [-0.3, -0.25) is 4.79 Å². The lowest BCUT2D eigenvalue weighted by Gasteiger charge is -2.14. The first-order chi connectivity index (χ1) is 9.70. The highest BCUT2D eigenvalue weighted by Gasteiger charge is 2.08. The second-order valence-corrected chi connectivity index (χ2v) is 4.41. The van der Waals surface area contributed by atoms with Gasteiger partial charge in [0.25, 0.3) is 0 Å². The van der Waals surface area contributed by atoms with E-state index in [4.69, 9.17) is 0 Å². The summed E-state index contributed by atoms with van der Waals surface area (Å²) in [6.45, 7) is 4.85. The maximum atomic E-state index is 11.4. The Morgan fingerprint density at radius 2 is 2.30 bits per heavy atom. The van der Waals surface area contributed by atoms with Crippen LogP contribution >= 0.6 is 0 Å². The lowest BCUT2D eigenvalue weighted by Crippen LogP contribution is -2.34. The zero-order chi connectivity index (χ0) is 14.4. The van der Waals surface area contributed by atoms with Crippen LogP contribution in [0.3, 0.4) is 0 Å². The van der Waals surface area contributed by atoms with Gasteiger partial charge in [0.1, 0.15) is 6.33 Å². The highest BCUT2D eigenvalue weighted by molar-refractivity contribution is 5.77. The molecule has 0 bridgehead atoms. The fourth-order valence-electron chi connectivity index (χ4n) is 1.84. The molecular weight excluding hydrogens is 256 g/mol. The Morgan fingerprint density at radius 3 is 3.00 bits per heavy atom. The Morgan fingerprint density at radius 1 is 1.45 bits per heavy atom. The monoisotopic (exact) mass is 274 g/mol. The van der Waals surface area contributed by atoms with E-state index in [2.05, 4.69) is 26.2 Å². The standard InChI is InChI=1S/C13H18N6O/c1-3-14-13(20)8-15-10(2)11-5-4-6-12(7-11)19-9-16-17-18-19/h4-7,9-10,15H,3,8H2,1-2H3,(H,14,20). The molecule has 0 fully saturated rings. The summed E-state index contributed by atoms with van der Waals surface area (Å²) in [7, 11) is 0. The van der Waals surface area contributed by atoms with Crippen molar-refractivity contribution < 1.29 is 4.79 Å². The zero-order valence-electron chi connectivity index (χ0n) is 11.6. The topological polar surface area (TPSA) is 84.7 Å². The molecule has 106 valence electrons. The molecular formula is C13H18N6O. The first-order valence-electron chi connectivity index (χ1n) is 6.54. The van der Waals surface area contributed by atoms with Crippen molar-refractivity contribution in [3.8, 4) is 5.69 Å². The fourth-order valence-corrected chi connectivity index (χ4v) is 1.84. The highest BCUT2D eigenvalue weighted by Crippen LogP contribution is 2.15. The van der Waals surface area contributed by atoms with Crippen molar-refractivity contribution in [3.63, 3.8) is 0 Å². The van der Waals surface area contributed by atoms with Crippen molar-refractivity contribution in [2.24, 2.45) is 0 Å². The molecule has 0 aliphatic rings. The summed E-state index contributed by atoms with van der Waals surface area (Å²) >= 11 is 0. The molecule has 2 rings (SSSR count). The third-order valence-corrected chi connectivity index (χ3v) is 2.93. The number of benzene rings is 1. The summed E-state index contributed by atoms with van der Waals surface area (Å²) in [6, 6.07) is 7.93. The predicted octanol–water partition coefficient (Wildman–Crippen LogP) is 0.449. The number of amides is 1. The highest BCUT2D eigenvalue weighted by atomic mass is 16.1. The summed E-state index contributed by atoms with van der Waals surface area (Å²) < 4.78 is 1.60. The fraction of sp³-hybridized carbons (Fsp3) is 0.385. The SMILES string of the molecule is CCNC(=O)CNC(C)c1cccc(-n2cnnn2)c1. The molecule has 1 aromatic heterocycles. The van der Waals surface area contributed by atoms with E-state index in [-0.39, 0.29) is 11.9 Å². The molecule has 2 N–H and O–H groups in total. The van der Waals surface area contributed by atoms with E-state index in [1.165, 1.54) is 0 Å². The molecule has 0 saturated heterocycles. The van der Waals surface area contributed by atoms with E-state index in [0.29, 0.717) is 13.1 Å². The molecule has 2 aromatic rings. The van der Waals surface area contributed by atoms with Crippen LogP contribution < -0.4 is 10.6 Å². The Labute approximate surface area is 117 Å². The number of nitrogens with zero attached hydrogens (tertiary/aromatic N) is 4. The van der Waals surface area contributed by atoms with E-state index in [1.807, 2.05) is 38.1 Å². The lowest BCUT2D eigenvalue weighted by atomic mass is 10.1. The van der Waals surface area contributed by atoms with Crippen LogP contribution in [0.2, 0.25) is 0 Å². The van der Waals surface area contributed by atoms with E-state index in [9.17, 15) is 4.79 Å². The maximum Gasteiger partial charge on any atom is 0.233 e. The third kappa shape index (κ3) is 3.61. The van der Waals surface area contributed by atoms with Crippen LogP contribution in [0.5, 0.6) is 0 Å². The average molecular weight is 274 g/mol. The summed E-state index contributed by atoms with van der Waals surface area (Å²) in [4.78, 5) is 11.4. The van der Waals surface area contributed by atoms with E-state index in [1.54, 1.807) is 11.0 Å². The van der Waals surface area contributed by atoms with Crippen LogP contribution in [-0.4, -0.2) is 39.2 Å². The number of hydrogen-bond acceptors (Lipinski definition) is 5. The number of hydrogen-bond donors (Lipinski definition) is 2. The van der Waals surface area contributed by atoms with Crippen molar-refractivity contribution in [3.05, 3.63) is 36.2 Å². The molecule has 20 heavy (non-hydrogen) atoms. The van der Waals surface area contributed by atoms with Crippen LogP contribution in [0.4, 0.5) is 0 Å². The van der Waals surface area contributed by atoms with Crippen LogP contribution in [0.15, 0.2) is 30.6 Å². The second-order valence-electron chi connectivity index (χ2n) is 4.41. The number of nitrogens with one attached hydrogen (secondary N) is 2. The number of carbonyl (C=O) groups excluding carboxylic acids is 1. The maximum absolute atomic E-state index is 11.4. The molecule has 0 aliphatic heterocycles. The predicted molar refractivity (Wildman–Crippen MR) is 74.3 cm³/mol. The minimum absolute atomic E-state index is 0.00372. The summed E-state index contributed by atoms with van der Waals surface area (Å²) in [5.74, 6) is -0.00372. The van der Waals surface area contributed by atoms with Gasteiger partial charge in [-0.15, -0.1) is 5.10 Å². The summed E-state index contributed by atoms with van der Waals surface area (Å²) in [6.07, 6.45) is 1.55. The largest absolute Gasteiger partial charge is 0.355 e. The minimum Gasteiger partial charge on any atom is -0.355 e. The minimum atomic E-state index is -0.00372. The lowest BCUT2D eigenvalue weighted by molar-refractivity contribution is -0.120. The molecule has 1 unspecified atom stereocenters. The number of tetrazole rings is 1. The van der Waals surface area contributed by atoms with E-state index < -0.39 is 0 Å². The molecule has 1 amide bonds. The van der Waals surface area contributed by atoms with E-state index >= 15 is 0 Å². The number of carbonyl (C=O) groups is 1. The van der Waals surface area contributed by atoms with E-state index in [0.717, 1.165) is 11.3 Å².